The van der Waals surface area contributed by atoms with Crippen LogP contribution in [0.2, 0.25) is 0 Å². The Bertz CT molecular complexity index is 384. The number of rotatable bonds is 0. The van der Waals surface area contributed by atoms with E-state index in [1.807, 2.05) is 0 Å². The van der Waals surface area contributed by atoms with Crippen molar-refractivity contribution in [1.82, 2.24) is 0 Å². The maximum atomic E-state index is 7.50. The molecular weight excluding hydrogens is 1050 g/mol. The molecule has 14 nitrogen and oxygen atoms in total. The summed E-state index contributed by atoms with van der Waals surface area (Å²) in [6.45, 7) is 67.4. The maximum absolute atomic E-state index is 7.50. The Morgan fingerprint density at radius 3 is 0.324 bits per heavy atom. The van der Waals surface area contributed by atoms with Crippen LogP contribution in [0.1, 0.15) is 13.8 Å². The summed E-state index contributed by atoms with van der Waals surface area (Å²) in [5.74, 6) is 0. The summed E-state index contributed by atoms with van der Waals surface area (Å²) in [5, 5.41) is 3.18. The molecule has 1 saturated heterocycles. The fraction of sp³-hybridized carbons (Fsp3) is 0.111. The average molecular weight is 1060 g/mol. The fourth-order valence-corrected chi connectivity index (χ4v) is 2.92. The first-order valence-electron chi connectivity index (χ1n) is 4.75. The molecule has 0 unspecified atom stereocenters. The van der Waals surface area contributed by atoms with Crippen LogP contribution in [0.3, 0.4) is 0 Å². The summed E-state index contributed by atoms with van der Waals surface area (Å²) in [6, 6.07) is 0. The molecule has 0 aromatic rings. The maximum Gasteiger partial charge on any atom is 0 e. The number of hydrogen-bond acceptors (Lipinski definition) is 0. The molecule has 0 saturated carbocycles. The third kappa shape index (κ3) is 737. The van der Waals surface area contributed by atoms with Crippen molar-refractivity contribution in [3.05, 3.63) is 104 Å². The summed E-state index contributed by atoms with van der Waals surface area (Å²) < 4.78 is 105. The molecule has 0 atom stereocenters. The molecule has 1 rings (SSSR count). The van der Waals surface area contributed by atoms with E-state index in [1.54, 1.807) is 10.8 Å². The molecule has 1 heterocycles. The molecule has 37 heavy (non-hydrogen) atoms. The average Bonchev–Trinajstić information content (AvgIpc) is 3.03. The minimum Gasteiger partial charge on any atom is 0 e. The quantitative estimate of drug-likeness (QED) is 0.192. The van der Waals surface area contributed by atoms with Crippen LogP contribution < -0.4 is 0 Å². The van der Waals surface area contributed by atoms with Crippen molar-refractivity contribution in [2.45, 2.75) is 13.8 Å². The Balaban J connectivity index is -0.00000000791. The van der Waals surface area contributed by atoms with Crippen molar-refractivity contribution < 1.29 is 128 Å². The Kier molecular flexibility index (Phi) is 2570. The zero-order chi connectivity index (χ0) is 32.6. The fourth-order valence-electron chi connectivity index (χ4n) is 0.474. The van der Waals surface area contributed by atoms with Crippen LogP contribution in [0.15, 0.2) is 0 Å². The Hall–Kier alpha value is -0.715. The SMILES string of the molecule is C[C]1[P][C](C)[P]1.[C-]#[O+].[C-]#[O+].[C-]#[O+].[C-]#[O+].[C-]#[O+].[C-]#[O+].[C-]#[O+].[C-]#[O+].[C-]#[O+].[C-]#[O+].[C-]#[O+].[C-]#[O+].[C-]#[O+].[C-]#[O+].[W].[W].[W]. The standard InChI is InChI=1S/C4H6P2.14CO.3W/c1-3-5-4(2)6-3;14*1-2;;;/h1-2H3;;;;;;;;;;;;;;;;;. The summed E-state index contributed by atoms with van der Waals surface area (Å²) in [6.07, 6.45) is 0. The van der Waals surface area contributed by atoms with Gasteiger partial charge in [0.05, 0.1) is 0 Å². The van der Waals surface area contributed by atoms with Crippen molar-refractivity contribution in [1.29, 1.82) is 0 Å². The van der Waals surface area contributed by atoms with Crippen LogP contribution >= 0.6 is 17.2 Å². The molecule has 1 fully saturated rings. The van der Waals surface area contributed by atoms with Crippen molar-refractivity contribution in [3.63, 3.8) is 0 Å². The molecule has 0 N–H and O–H groups in total. The minimum atomic E-state index is 0. The first kappa shape index (κ1) is 121. The third-order valence-electron chi connectivity index (χ3n) is 0.647. The molecule has 1 aliphatic heterocycles. The van der Waals surface area contributed by atoms with Gasteiger partial charge < -0.3 is 0 Å². The van der Waals surface area contributed by atoms with Crippen LogP contribution in [0.4, 0.5) is 0 Å². The molecule has 190 valence electrons. The van der Waals surface area contributed by atoms with E-state index >= 15 is 0 Å². The van der Waals surface area contributed by atoms with Crippen molar-refractivity contribution >= 4 is 17.2 Å². The van der Waals surface area contributed by atoms with Gasteiger partial charge in [-0.1, -0.05) is 17.2 Å². The summed E-state index contributed by atoms with van der Waals surface area (Å²) in [4.78, 5) is 0. The van der Waals surface area contributed by atoms with Gasteiger partial charge >= 0.3 is 158 Å². The second-order valence-corrected chi connectivity index (χ2v) is 5.15. The van der Waals surface area contributed by atoms with Crippen LogP contribution in [0.5, 0.6) is 0 Å². The van der Waals surface area contributed by atoms with Gasteiger partial charge in [0.15, 0.2) is 0 Å². The zero-order valence-electron chi connectivity index (χ0n) is 17.8. The first-order chi connectivity index (χ1) is 16.8. The molecular formula is C18H6O14P2W3. The predicted molar refractivity (Wildman–Crippen MR) is 86.7 cm³/mol. The molecule has 0 aromatic heterocycles. The van der Waals surface area contributed by atoms with Crippen LogP contribution in [-0.2, 0) is 128 Å². The van der Waals surface area contributed by atoms with E-state index in [4.69, 9.17) is 65.1 Å². The van der Waals surface area contributed by atoms with Crippen LogP contribution in [0, 0.1) is 104 Å². The van der Waals surface area contributed by atoms with E-state index in [1.165, 1.54) is 17.2 Å². The summed E-state index contributed by atoms with van der Waals surface area (Å²) >= 11 is 0. The van der Waals surface area contributed by atoms with E-state index in [2.05, 4.69) is 107 Å². The Labute approximate surface area is 261 Å². The van der Waals surface area contributed by atoms with Gasteiger partial charge in [-0.25, -0.2) is 0 Å². The molecule has 0 bridgehead atoms. The van der Waals surface area contributed by atoms with Crippen molar-refractivity contribution in [2.75, 3.05) is 0 Å². The van der Waals surface area contributed by atoms with Gasteiger partial charge in [-0.3, -0.25) is 0 Å². The topological polar surface area (TPSA) is 279 Å². The second-order valence-electron chi connectivity index (χ2n) is 1.32. The van der Waals surface area contributed by atoms with Gasteiger partial charge in [-0.2, -0.15) is 0 Å². The van der Waals surface area contributed by atoms with Crippen molar-refractivity contribution in [3.8, 4) is 0 Å². The van der Waals surface area contributed by atoms with E-state index in [0.29, 0.717) is 0 Å². The minimum absolute atomic E-state index is 0. The largest absolute Gasteiger partial charge is 0 e. The molecule has 0 aliphatic carbocycles. The first-order valence-corrected chi connectivity index (χ1v) is 6.54. The monoisotopic (exact) mass is 1060 g/mol. The third-order valence-corrected chi connectivity index (χ3v) is 3.14. The predicted octanol–water partition coefficient (Wildman–Crippen LogP) is 2.38. The molecule has 1 aliphatic rings. The molecule has 4 radical (unpaired) electrons. The van der Waals surface area contributed by atoms with Gasteiger partial charge in [0, 0.05) is 74.0 Å². The summed E-state index contributed by atoms with van der Waals surface area (Å²) in [5.41, 5.74) is 0. The van der Waals surface area contributed by atoms with Crippen LogP contribution in [-0.4, -0.2) is 0 Å². The smallest absolute Gasteiger partial charge is 0 e. The molecule has 0 aromatic carbocycles. The Morgan fingerprint density at radius 1 is 0.270 bits per heavy atom. The molecule has 0 amide bonds. The van der Waals surface area contributed by atoms with E-state index < -0.39 is 0 Å². The van der Waals surface area contributed by atoms with Crippen molar-refractivity contribution in [2.24, 2.45) is 0 Å². The van der Waals surface area contributed by atoms with Gasteiger partial charge in [0.2, 0.25) is 0 Å². The van der Waals surface area contributed by atoms with E-state index in [-0.39, 0.29) is 63.2 Å². The van der Waals surface area contributed by atoms with E-state index in [9.17, 15) is 0 Å². The second kappa shape index (κ2) is 782. The molecule has 19 heteroatoms. The van der Waals surface area contributed by atoms with Gasteiger partial charge in [0.25, 0.3) is 0 Å². The zero-order valence-corrected chi connectivity index (χ0v) is 28.4. The molecule has 0 spiro atoms. The normalized spacial score (nSPS) is 6.43. The van der Waals surface area contributed by atoms with Gasteiger partial charge in [-0.15, -0.1) is 0 Å². The van der Waals surface area contributed by atoms with Crippen LogP contribution in [0.25, 0.3) is 0 Å². The Morgan fingerprint density at radius 2 is 0.324 bits per heavy atom. The van der Waals surface area contributed by atoms with E-state index in [0.717, 1.165) is 0 Å². The van der Waals surface area contributed by atoms with Gasteiger partial charge in [-0.05, 0) is 13.8 Å². The summed E-state index contributed by atoms with van der Waals surface area (Å²) in [7, 11) is 2.99. The van der Waals surface area contributed by atoms with Gasteiger partial charge in [0.1, 0.15) is 0 Å². The number of hydrogen-bond donors (Lipinski definition) is 0.